The van der Waals surface area contributed by atoms with E-state index in [-0.39, 0.29) is 35.3 Å². The summed E-state index contributed by atoms with van der Waals surface area (Å²) in [7, 11) is 0. The Hall–Kier alpha value is -2.31. The number of primary amides is 1. The van der Waals surface area contributed by atoms with E-state index in [1.807, 2.05) is 0 Å². The number of furan rings is 1. The molecule has 7 heteroatoms. The lowest BCUT2D eigenvalue weighted by Gasteiger charge is -2.29. The molecule has 0 bridgehead atoms. The number of anilines is 1. The first-order valence-corrected chi connectivity index (χ1v) is 6.43. The zero-order valence-electron chi connectivity index (χ0n) is 11.2. The molecule has 1 aliphatic heterocycles. The molecule has 108 valence electrons. The summed E-state index contributed by atoms with van der Waals surface area (Å²) in [5.41, 5.74) is 5.25. The molecule has 0 radical (unpaired) electrons. The fraction of sp³-hybridized carbons (Fsp3) is 0.462. The van der Waals surface area contributed by atoms with Crippen LogP contribution in [0.15, 0.2) is 16.5 Å². The van der Waals surface area contributed by atoms with E-state index in [4.69, 9.17) is 10.2 Å². The van der Waals surface area contributed by atoms with Crippen molar-refractivity contribution in [2.45, 2.75) is 19.8 Å². The third kappa shape index (κ3) is 3.17. The molecule has 1 fully saturated rings. The van der Waals surface area contributed by atoms with Gasteiger partial charge in [0.15, 0.2) is 11.6 Å². The first-order valence-electron chi connectivity index (χ1n) is 6.43. The van der Waals surface area contributed by atoms with E-state index in [9.17, 15) is 14.4 Å². The molecule has 1 aromatic heterocycles. The Labute approximate surface area is 116 Å². The van der Waals surface area contributed by atoms with E-state index in [2.05, 4.69) is 5.32 Å². The molecule has 0 aromatic carbocycles. The van der Waals surface area contributed by atoms with Gasteiger partial charge in [-0.15, -0.1) is 0 Å². The van der Waals surface area contributed by atoms with Crippen LogP contribution in [0.25, 0.3) is 0 Å². The van der Waals surface area contributed by atoms with Crippen LogP contribution in [0.2, 0.25) is 0 Å². The smallest absolute Gasteiger partial charge is 0.289 e. The minimum absolute atomic E-state index is 0.161. The number of nitrogens with zero attached hydrogens (tertiary/aromatic N) is 1. The average Bonchev–Trinajstić information content (AvgIpc) is 2.85. The van der Waals surface area contributed by atoms with Crippen LogP contribution < -0.4 is 11.1 Å². The molecule has 1 aliphatic rings. The number of nitrogens with two attached hydrogens (primary N) is 1. The van der Waals surface area contributed by atoms with Crippen molar-refractivity contribution in [3.8, 4) is 0 Å². The maximum Gasteiger partial charge on any atom is 0.289 e. The number of rotatable bonds is 3. The first-order chi connectivity index (χ1) is 9.47. The number of hydrogen-bond acceptors (Lipinski definition) is 4. The third-order valence-electron chi connectivity index (χ3n) is 3.30. The number of carbonyl (C=O) groups excluding carboxylic acids is 3. The molecule has 20 heavy (non-hydrogen) atoms. The molecular weight excluding hydrogens is 262 g/mol. The van der Waals surface area contributed by atoms with Crippen molar-refractivity contribution in [1.29, 1.82) is 0 Å². The lowest BCUT2D eigenvalue weighted by Crippen LogP contribution is -2.41. The van der Waals surface area contributed by atoms with Crippen LogP contribution in [0.5, 0.6) is 0 Å². The summed E-state index contributed by atoms with van der Waals surface area (Å²) in [6, 6.07) is 3.05. The molecule has 0 unspecified atom stereocenters. The lowest BCUT2D eigenvalue weighted by molar-refractivity contribution is -0.123. The molecule has 2 rings (SSSR count). The normalized spacial score (nSPS) is 15.9. The van der Waals surface area contributed by atoms with Crippen molar-refractivity contribution in [1.82, 2.24) is 4.90 Å². The highest BCUT2D eigenvalue weighted by Gasteiger charge is 2.27. The van der Waals surface area contributed by atoms with Gasteiger partial charge in [-0.2, -0.15) is 0 Å². The topological polar surface area (TPSA) is 106 Å². The lowest BCUT2D eigenvalue weighted by atomic mass is 9.96. The van der Waals surface area contributed by atoms with Gasteiger partial charge in [0.1, 0.15) is 0 Å². The number of likely N-dealkylation sites (tertiary alicyclic amines) is 1. The summed E-state index contributed by atoms with van der Waals surface area (Å²) in [6.07, 6.45) is 1.14. The van der Waals surface area contributed by atoms with Crippen molar-refractivity contribution >= 4 is 23.6 Å². The van der Waals surface area contributed by atoms with E-state index in [1.165, 1.54) is 19.1 Å². The summed E-state index contributed by atoms with van der Waals surface area (Å²) in [6.45, 7) is 2.31. The minimum Gasteiger partial charge on any atom is -0.435 e. The van der Waals surface area contributed by atoms with Gasteiger partial charge in [-0.3, -0.25) is 19.7 Å². The Kier molecular flexibility index (Phi) is 4.07. The predicted octanol–water partition coefficient (Wildman–Crippen LogP) is 0.575. The Bertz CT molecular complexity index is 529. The zero-order chi connectivity index (χ0) is 14.7. The van der Waals surface area contributed by atoms with E-state index in [0.717, 1.165) is 0 Å². The fourth-order valence-electron chi connectivity index (χ4n) is 2.22. The Morgan fingerprint density at radius 2 is 1.95 bits per heavy atom. The molecule has 0 aliphatic carbocycles. The molecule has 3 amide bonds. The highest BCUT2D eigenvalue weighted by molar-refractivity contribution is 5.93. The molecule has 1 saturated heterocycles. The van der Waals surface area contributed by atoms with Crippen LogP contribution in [-0.4, -0.2) is 35.7 Å². The maximum atomic E-state index is 12.2. The maximum absolute atomic E-state index is 12.2. The standard InChI is InChI=1S/C13H17N3O4/c1-8(17)15-11-3-2-10(20-11)13(19)16-6-4-9(5-7-16)12(14)18/h2-3,9H,4-7H2,1H3,(H2,14,18)(H,15,17). The summed E-state index contributed by atoms with van der Waals surface area (Å²) < 4.78 is 5.27. The SMILES string of the molecule is CC(=O)Nc1ccc(C(=O)N2CCC(C(N)=O)CC2)o1. The highest BCUT2D eigenvalue weighted by atomic mass is 16.4. The molecule has 3 N–H and O–H groups in total. The number of carbonyl (C=O) groups is 3. The van der Waals surface area contributed by atoms with Crippen LogP contribution >= 0.6 is 0 Å². The van der Waals surface area contributed by atoms with Gasteiger partial charge >= 0.3 is 0 Å². The first kappa shape index (κ1) is 14.1. The number of hydrogen-bond donors (Lipinski definition) is 2. The monoisotopic (exact) mass is 279 g/mol. The van der Waals surface area contributed by atoms with E-state index in [0.29, 0.717) is 25.9 Å². The van der Waals surface area contributed by atoms with Crippen molar-refractivity contribution in [2.75, 3.05) is 18.4 Å². The Balaban J connectivity index is 1.96. The third-order valence-corrected chi connectivity index (χ3v) is 3.30. The van der Waals surface area contributed by atoms with Gasteiger partial charge in [0.05, 0.1) is 0 Å². The molecule has 7 nitrogen and oxygen atoms in total. The minimum atomic E-state index is -0.317. The van der Waals surface area contributed by atoms with Gasteiger partial charge < -0.3 is 15.1 Å². The van der Waals surface area contributed by atoms with Crippen molar-refractivity contribution in [3.05, 3.63) is 17.9 Å². The summed E-state index contributed by atoms with van der Waals surface area (Å²) in [4.78, 5) is 35.8. The van der Waals surface area contributed by atoms with Crippen molar-refractivity contribution < 1.29 is 18.8 Å². The van der Waals surface area contributed by atoms with Crippen LogP contribution in [0, 0.1) is 5.92 Å². The van der Waals surface area contributed by atoms with E-state index >= 15 is 0 Å². The molecule has 1 aromatic rings. The van der Waals surface area contributed by atoms with Gasteiger partial charge in [-0.25, -0.2) is 0 Å². The second kappa shape index (κ2) is 5.77. The second-order valence-electron chi connectivity index (χ2n) is 4.81. The average molecular weight is 279 g/mol. The van der Waals surface area contributed by atoms with Crippen molar-refractivity contribution in [3.63, 3.8) is 0 Å². The van der Waals surface area contributed by atoms with Gasteiger partial charge in [-0.1, -0.05) is 0 Å². The highest BCUT2D eigenvalue weighted by Crippen LogP contribution is 2.20. The Morgan fingerprint density at radius 3 is 2.50 bits per heavy atom. The van der Waals surface area contributed by atoms with Crippen molar-refractivity contribution in [2.24, 2.45) is 11.7 Å². The number of piperidine rings is 1. The fourth-order valence-corrected chi connectivity index (χ4v) is 2.22. The van der Waals surface area contributed by atoms with Crippen LogP contribution in [0.1, 0.15) is 30.3 Å². The van der Waals surface area contributed by atoms with Crippen LogP contribution in [-0.2, 0) is 9.59 Å². The van der Waals surface area contributed by atoms with Gasteiger partial charge in [0, 0.05) is 32.0 Å². The molecule has 0 saturated carbocycles. The predicted molar refractivity (Wildman–Crippen MR) is 70.8 cm³/mol. The largest absolute Gasteiger partial charge is 0.435 e. The molecule has 0 atom stereocenters. The molecular formula is C13H17N3O4. The number of amides is 3. The van der Waals surface area contributed by atoms with E-state index < -0.39 is 0 Å². The quantitative estimate of drug-likeness (QED) is 0.843. The molecule has 0 spiro atoms. The molecule has 2 heterocycles. The van der Waals surface area contributed by atoms with Gasteiger partial charge in [0.25, 0.3) is 5.91 Å². The second-order valence-corrected chi connectivity index (χ2v) is 4.81. The van der Waals surface area contributed by atoms with E-state index in [1.54, 1.807) is 4.90 Å². The summed E-state index contributed by atoms with van der Waals surface area (Å²) in [5, 5.41) is 2.47. The Morgan fingerprint density at radius 1 is 1.30 bits per heavy atom. The number of nitrogens with one attached hydrogen (secondary N) is 1. The van der Waals surface area contributed by atoms with Crippen LogP contribution in [0.3, 0.4) is 0 Å². The van der Waals surface area contributed by atoms with Gasteiger partial charge in [-0.05, 0) is 18.9 Å². The van der Waals surface area contributed by atoms with Crippen LogP contribution in [0.4, 0.5) is 5.88 Å². The van der Waals surface area contributed by atoms with Gasteiger partial charge in [0.2, 0.25) is 11.8 Å². The summed E-state index contributed by atoms with van der Waals surface area (Å²) in [5.74, 6) is -0.571. The summed E-state index contributed by atoms with van der Waals surface area (Å²) >= 11 is 0. The zero-order valence-corrected chi connectivity index (χ0v) is 11.2.